The fourth-order valence-electron chi connectivity index (χ4n) is 1.99. The van der Waals surface area contributed by atoms with Gasteiger partial charge in [0, 0.05) is 12.3 Å². The van der Waals surface area contributed by atoms with Crippen molar-refractivity contribution in [2.75, 3.05) is 4.90 Å². The molecule has 2 unspecified atom stereocenters. The van der Waals surface area contributed by atoms with Crippen LogP contribution in [0.15, 0.2) is 34.7 Å². The van der Waals surface area contributed by atoms with Crippen molar-refractivity contribution in [3.63, 3.8) is 0 Å². The third-order valence-electron chi connectivity index (χ3n) is 3.29. The van der Waals surface area contributed by atoms with Crippen LogP contribution in [0.3, 0.4) is 0 Å². The molecule has 19 heavy (non-hydrogen) atoms. The van der Waals surface area contributed by atoms with Gasteiger partial charge in [0.15, 0.2) is 0 Å². The van der Waals surface area contributed by atoms with Crippen molar-refractivity contribution in [2.24, 2.45) is 5.92 Å². The van der Waals surface area contributed by atoms with Crippen LogP contribution in [-0.4, -0.2) is 10.4 Å². The molecule has 2 aromatic heterocycles. The lowest BCUT2D eigenvalue weighted by molar-refractivity contribution is 0.532. The Kier molecular flexibility index (Phi) is 3.66. The highest BCUT2D eigenvalue weighted by Crippen LogP contribution is 2.45. The molecule has 2 aromatic rings. The average molecular weight is 291 g/mol. The van der Waals surface area contributed by atoms with E-state index in [4.69, 9.17) is 4.42 Å². The van der Waals surface area contributed by atoms with E-state index < -0.39 is 0 Å². The van der Waals surface area contributed by atoms with E-state index in [-0.39, 0.29) is 0 Å². The molecule has 1 aliphatic rings. The first kappa shape index (κ1) is 12.8. The first-order valence-electron chi connectivity index (χ1n) is 6.30. The Morgan fingerprint density at radius 2 is 2.47 bits per heavy atom. The maximum atomic E-state index is 5.20. The Morgan fingerprint density at radius 1 is 1.58 bits per heavy atom. The Bertz CT molecular complexity index is 548. The summed E-state index contributed by atoms with van der Waals surface area (Å²) in [5, 5.41) is 0.375. The summed E-state index contributed by atoms with van der Waals surface area (Å²) in [5.41, 5.74) is 2.93. The molecule has 0 aliphatic carbocycles. The zero-order valence-corrected chi connectivity index (χ0v) is 12.5. The second kappa shape index (κ2) is 5.43. The number of hydrogen-bond acceptors (Lipinski definition) is 5. The lowest BCUT2D eigenvalue weighted by Gasteiger charge is -2.27. The summed E-state index contributed by atoms with van der Waals surface area (Å²) in [5.74, 6) is 0.581. The summed E-state index contributed by atoms with van der Waals surface area (Å²) in [4.78, 5) is 8.70. The molecule has 0 spiro atoms. The van der Waals surface area contributed by atoms with E-state index in [9.17, 15) is 0 Å². The van der Waals surface area contributed by atoms with Crippen LogP contribution in [0.4, 0.5) is 5.69 Å². The quantitative estimate of drug-likeness (QED) is 0.831. The molecule has 2 atom stereocenters. The molecule has 0 aromatic carbocycles. The van der Waals surface area contributed by atoms with Gasteiger partial charge in [-0.25, -0.2) is 0 Å². The van der Waals surface area contributed by atoms with E-state index in [1.54, 1.807) is 23.9 Å². The van der Waals surface area contributed by atoms with Crippen LogP contribution in [0.25, 0.3) is 4.91 Å². The van der Waals surface area contributed by atoms with Crippen LogP contribution in [0.5, 0.6) is 0 Å². The van der Waals surface area contributed by atoms with Crippen LogP contribution in [0.1, 0.15) is 25.1 Å². The van der Waals surface area contributed by atoms with Gasteiger partial charge in [-0.15, -0.1) is 11.3 Å². The van der Waals surface area contributed by atoms with E-state index in [1.165, 1.54) is 9.78 Å². The molecule has 0 saturated heterocycles. The van der Waals surface area contributed by atoms with Gasteiger partial charge in [-0.1, -0.05) is 32.0 Å². The molecular formula is C14H15N2OS2. The maximum absolute atomic E-state index is 5.20. The number of nitrogens with zero attached hydrogens (tertiary/aromatic N) is 2. The fraction of sp³-hybridized carbons (Fsp3) is 0.357. The molecule has 0 N–H and O–H groups in total. The minimum absolute atomic E-state index is 0.375. The Labute approximate surface area is 121 Å². The molecule has 3 nitrogen and oxygen atoms in total. The summed E-state index contributed by atoms with van der Waals surface area (Å²) in [6.07, 6.45) is 10.0. The lowest BCUT2D eigenvalue weighted by Crippen LogP contribution is -2.29. The van der Waals surface area contributed by atoms with Crippen LogP contribution >= 0.6 is 23.1 Å². The highest BCUT2D eigenvalue weighted by molar-refractivity contribution is 8.09. The molecule has 1 radical (unpaired) electrons. The molecule has 1 aliphatic heterocycles. The first-order valence-corrected chi connectivity index (χ1v) is 8.06. The number of hydrogen-bond donors (Lipinski definition) is 0. The molecule has 3 heterocycles. The molecule has 0 bridgehead atoms. The van der Waals surface area contributed by atoms with Gasteiger partial charge in [-0.05, 0) is 5.92 Å². The molecular weight excluding hydrogens is 276 g/mol. The summed E-state index contributed by atoms with van der Waals surface area (Å²) in [6, 6.07) is 1.98. The molecule has 99 valence electrons. The smallest absolute Gasteiger partial charge is 0.114 e. The third-order valence-corrected chi connectivity index (χ3v) is 5.67. The highest BCUT2D eigenvalue weighted by atomic mass is 32.2. The minimum atomic E-state index is 0.375. The van der Waals surface area contributed by atoms with Gasteiger partial charge >= 0.3 is 0 Å². The maximum Gasteiger partial charge on any atom is 0.114 e. The number of anilines is 1. The van der Waals surface area contributed by atoms with Gasteiger partial charge in [0.1, 0.15) is 6.26 Å². The van der Waals surface area contributed by atoms with Crippen molar-refractivity contribution >= 4 is 33.7 Å². The third kappa shape index (κ3) is 2.44. The topological polar surface area (TPSA) is 29.3 Å². The summed E-state index contributed by atoms with van der Waals surface area (Å²) in [7, 11) is 0. The molecule has 0 fully saturated rings. The Morgan fingerprint density at radius 3 is 3.11 bits per heavy atom. The van der Waals surface area contributed by atoms with Gasteiger partial charge in [0.2, 0.25) is 0 Å². The molecule has 0 amide bonds. The van der Waals surface area contributed by atoms with Crippen molar-refractivity contribution in [3.8, 4) is 0 Å². The van der Waals surface area contributed by atoms with E-state index in [1.807, 2.05) is 29.5 Å². The number of thioether (sulfide) groups is 1. The van der Waals surface area contributed by atoms with Crippen molar-refractivity contribution in [3.05, 3.63) is 41.4 Å². The van der Waals surface area contributed by atoms with E-state index >= 15 is 0 Å². The molecule has 3 rings (SSSR count). The predicted molar refractivity (Wildman–Crippen MR) is 80.8 cm³/mol. The second-order valence-electron chi connectivity index (χ2n) is 4.55. The van der Waals surface area contributed by atoms with Gasteiger partial charge in [0.05, 0.1) is 38.8 Å². The number of thiazole rings is 1. The standard InChI is InChI=1S/C14H15N2OS2/c1-3-10(2)14-16(11-4-5-17-8-11)7-13(19-14)12-6-15-9-18-12/h4-6,8-10,14H,3H2,1-2H3. The largest absolute Gasteiger partial charge is 0.470 e. The normalized spacial score (nSPS) is 20.6. The SMILES string of the molecule is CCC(C)C1SC(c2cncs2)=[C]N1c1ccoc1. The Hall–Kier alpha value is -1.20. The van der Waals surface area contributed by atoms with E-state index in [2.05, 4.69) is 29.9 Å². The first-order chi connectivity index (χ1) is 9.29. The summed E-state index contributed by atoms with van der Waals surface area (Å²) in [6.45, 7) is 4.51. The van der Waals surface area contributed by atoms with Gasteiger partial charge in [-0.3, -0.25) is 4.98 Å². The Balaban J connectivity index is 1.92. The fourth-order valence-corrected chi connectivity index (χ4v) is 4.06. The van der Waals surface area contributed by atoms with Crippen LogP contribution < -0.4 is 4.90 Å². The van der Waals surface area contributed by atoms with Crippen molar-refractivity contribution in [1.29, 1.82) is 0 Å². The van der Waals surface area contributed by atoms with E-state index in [0.29, 0.717) is 11.3 Å². The monoisotopic (exact) mass is 291 g/mol. The minimum Gasteiger partial charge on any atom is -0.470 e. The van der Waals surface area contributed by atoms with Gasteiger partial charge < -0.3 is 9.32 Å². The summed E-state index contributed by atoms with van der Waals surface area (Å²) < 4.78 is 5.20. The average Bonchev–Trinajstić information content (AvgIpc) is 3.14. The highest BCUT2D eigenvalue weighted by Gasteiger charge is 2.32. The van der Waals surface area contributed by atoms with Crippen molar-refractivity contribution < 1.29 is 4.42 Å². The number of aromatic nitrogens is 1. The zero-order valence-electron chi connectivity index (χ0n) is 10.9. The lowest BCUT2D eigenvalue weighted by atomic mass is 10.1. The molecule has 0 saturated carbocycles. The van der Waals surface area contributed by atoms with Crippen molar-refractivity contribution in [1.82, 2.24) is 4.98 Å². The second-order valence-corrected chi connectivity index (χ2v) is 6.57. The summed E-state index contributed by atoms with van der Waals surface area (Å²) >= 11 is 3.53. The number of furan rings is 1. The van der Waals surface area contributed by atoms with Crippen molar-refractivity contribution in [2.45, 2.75) is 25.6 Å². The van der Waals surface area contributed by atoms with Crippen LogP contribution in [-0.2, 0) is 0 Å². The van der Waals surface area contributed by atoms with Gasteiger partial charge in [-0.2, -0.15) is 0 Å². The molecule has 5 heteroatoms. The van der Waals surface area contributed by atoms with Crippen LogP contribution in [0.2, 0.25) is 0 Å². The van der Waals surface area contributed by atoms with E-state index in [0.717, 1.165) is 12.1 Å². The number of rotatable bonds is 4. The zero-order chi connectivity index (χ0) is 13.2. The predicted octanol–water partition coefficient (Wildman–Crippen LogP) is 4.46. The van der Waals surface area contributed by atoms with Crippen LogP contribution in [0, 0.1) is 12.1 Å². The van der Waals surface area contributed by atoms with Gasteiger partial charge in [0.25, 0.3) is 0 Å².